The number of ether oxygens (including phenoxy) is 1. The Morgan fingerprint density at radius 2 is 2.12 bits per heavy atom. The maximum Gasteiger partial charge on any atom is 0.250 e. The lowest BCUT2D eigenvalue weighted by atomic mass is 9.96. The molecule has 6 nitrogen and oxygen atoms in total. The van der Waals surface area contributed by atoms with Gasteiger partial charge >= 0.3 is 0 Å². The highest BCUT2D eigenvalue weighted by Crippen LogP contribution is 2.28. The molecule has 3 aromatic rings. The smallest absolute Gasteiger partial charge is 0.250 e. The molecule has 0 saturated heterocycles. The molecule has 1 N–H and O–H groups in total. The molecule has 126 valence electrons. The fourth-order valence-corrected chi connectivity index (χ4v) is 2.80. The van der Waals surface area contributed by atoms with Gasteiger partial charge in [-0.05, 0) is 36.2 Å². The second-order valence-electron chi connectivity index (χ2n) is 5.75. The second kappa shape index (κ2) is 6.35. The molecule has 2 aromatic carbocycles. The lowest BCUT2D eigenvalue weighted by Crippen LogP contribution is -2.32. The van der Waals surface area contributed by atoms with E-state index in [2.05, 4.69) is 15.5 Å². The van der Waals surface area contributed by atoms with Crippen LogP contribution in [0, 0.1) is 11.7 Å². The SMILES string of the molecule is O=C(Nc1ccc(-c2nnco2)c(F)c1)C1COc2ccccc2C1. The Morgan fingerprint density at radius 3 is 2.92 bits per heavy atom. The summed E-state index contributed by atoms with van der Waals surface area (Å²) in [5, 5.41) is 9.93. The van der Waals surface area contributed by atoms with Gasteiger partial charge in [-0.1, -0.05) is 18.2 Å². The van der Waals surface area contributed by atoms with E-state index in [-0.39, 0.29) is 23.3 Å². The van der Waals surface area contributed by atoms with E-state index in [4.69, 9.17) is 9.15 Å². The van der Waals surface area contributed by atoms with Crippen LogP contribution < -0.4 is 10.1 Å². The summed E-state index contributed by atoms with van der Waals surface area (Å²) >= 11 is 0. The molecule has 0 fully saturated rings. The van der Waals surface area contributed by atoms with E-state index in [0.29, 0.717) is 18.7 Å². The summed E-state index contributed by atoms with van der Waals surface area (Å²) in [5.74, 6) is -0.186. The lowest BCUT2D eigenvalue weighted by Gasteiger charge is -2.24. The number of carbonyl (C=O) groups excluding carboxylic acids is 1. The average molecular weight is 339 g/mol. The minimum atomic E-state index is -0.549. The number of carbonyl (C=O) groups is 1. The maximum absolute atomic E-state index is 14.2. The van der Waals surface area contributed by atoms with Crippen molar-refractivity contribution in [2.45, 2.75) is 6.42 Å². The zero-order chi connectivity index (χ0) is 17.2. The van der Waals surface area contributed by atoms with Gasteiger partial charge in [-0.15, -0.1) is 10.2 Å². The van der Waals surface area contributed by atoms with Crippen molar-refractivity contribution >= 4 is 11.6 Å². The summed E-state index contributed by atoms with van der Waals surface area (Å²) in [6.45, 7) is 0.297. The van der Waals surface area contributed by atoms with Crippen LogP contribution in [0.2, 0.25) is 0 Å². The first-order valence-electron chi connectivity index (χ1n) is 7.78. The zero-order valence-corrected chi connectivity index (χ0v) is 13.1. The van der Waals surface area contributed by atoms with E-state index in [1.54, 1.807) is 6.07 Å². The number of hydrogen-bond acceptors (Lipinski definition) is 5. The van der Waals surface area contributed by atoms with Gasteiger partial charge in [-0.2, -0.15) is 0 Å². The van der Waals surface area contributed by atoms with Crippen molar-refractivity contribution in [2.24, 2.45) is 5.92 Å². The number of nitrogens with zero attached hydrogens (tertiary/aromatic N) is 2. The summed E-state index contributed by atoms with van der Waals surface area (Å²) in [7, 11) is 0. The zero-order valence-electron chi connectivity index (χ0n) is 13.1. The average Bonchev–Trinajstić information content (AvgIpc) is 3.15. The van der Waals surface area contributed by atoms with Crippen molar-refractivity contribution < 1.29 is 18.3 Å². The highest BCUT2D eigenvalue weighted by Gasteiger charge is 2.26. The van der Waals surface area contributed by atoms with Crippen LogP contribution in [-0.2, 0) is 11.2 Å². The topological polar surface area (TPSA) is 77.3 Å². The monoisotopic (exact) mass is 339 g/mol. The molecular formula is C18H14FN3O3. The van der Waals surface area contributed by atoms with Crippen LogP contribution in [0.1, 0.15) is 5.56 Å². The van der Waals surface area contributed by atoms with Crippen molar-refractivity contribution in [2.75, 3.05) is 11.9 Å². The first-order valence-corrected chi connectivity index (χ1v) is 7.78. The standard InChI is InChI=1S/C18H14FN3O3/c19-15-8-13(5-6-14(15)18-22-20-10-25-18)21-17(23)12-7-11-3-1-2-4-16(11)24-9-12/h1-6,8,10,12H,7,9H2,(H,21,23). The summed E-state index contributed by atoms with van der Waals surface area (Å²) < 4.78 is 24.8. The number of para-hydroxylation sites is 1. The molecule has 1 aliphatic rings. The predicted octanol–water partition coefficient (Wildman–Crippen LogP) is 3.07. The van der Waals surface area contributed by atoms with Crippen LogP contribution in [0.25, 0.3) is 11.5 Å². The molecule has 1 atom stereocenters. The number of nitrogens with one attached hydrogen (secondary N) is 1. The van der Waals surface area contributed by atoms with Crippen molar-refractivity contribution in [3.8, 4) is 17.2 Å². The Morgan fingerprint density at radius 1 is 1.24 bits per heavy atom. The van der Waals surface area contributed by atoms with E-state index >= 15 is 0 Å². The number of aromatic nitrogens is 2. The molecule has 0 saturated carbocycles. The lowest BCUT2D eigenvalue weighted by molar-refractivity contribution is -0.121. The Hall–Kier alpha value is -3.22. The third kappa shape index (κ3) is 3.08. The van der Waals surface area contributed by atoms with Crippen molar-refractivity contribution in [1.29, 1.82) is 0 Å². The van der Waals surface area contributed by atoms with E-state index in [1.165, 1.54) is 12.1 Å². The molecule has 4 rings (SSSR count). The van der Waals surface area contributed by atoms with Crippen LogP contribution in [0.4, 0.5) is 10.1 Å². The van der Waals surface area contributed by atoms with Gasteiger partial charge in [0.25, 0.3) is 0 Å². The first kappa shape index (κ1) is 15.3. The molecule has 1 unspecified atom stereocenters. The van der Waals surface area contributed by atoms with Gasteiger partial charge in [0.15, 0.2) is 0 Å². The molecule has 0 aliphatic carbocycles. The molecule has 0 radical (unpaired) electrons. The quantitative estimate of drug-likeness (QED) is 0.793. The van der Waals surface area contributed by atoms with Gasteiger partial charge in [-0.25, -0.2) is 4.39 Å². The minimum absolute atomic E-state index is 0.0904. The Kier molecular flexibility index (Phi) is 3.89. The van der Waals surface area contributed by atoms with Gasteiger partial charge in [-0.3, -0.25) is 4.79 Å². The molecule has 1 aliphatic heterocycles. The van der Waals surface area contributed by atoms with Gasteiger partial charge in [0.2, 0.25) is 18.2 Å². The number of hydrogen-bond donors (Lipinski definition) is 1. The van der Waals surface area contributed by atoms with Gasteiger partial charge < -0.3 is 14.5 Å². The number of rotatable bonds is 3. The third-order valence-electron chi connectivity index (χ3n) is 4.08. The molecule has 1 amide bonds. The summed E-state index contributed by atoms with van der Waals surface area (Å²) in [6, 6.07) is 11.9. The predicted molar refractivity (Wildman–Crippen MR) is 87.5 cm³/mol. The van der Waals surface area contributed by atoms with Gasteiger partial charge in [0.1, 0.15) is 18.2 Å². The van der Waals surface area contributed by atoms with E-state index in [1.807, 2.05) is 24.3 Å². The van der Waals surface area contributed by atoms with Crippen LogP contribution >= 0.6 is 0 Å². The van der Waals surface area contributed by atoms with Gasteiger partial charge in [0, 0.05) is 5.69 Å². The van der Waals surface area contributed by atoms with Gasteiger partial charge in [0.05, 0.1) is 11.5 Å². The number of amides is 1. The van der Waals surface area contributed by atoms with Crippen molar-refractivity contribution in [1.82, 2.24) is 10.2 Å². The van der Waals surface area contributed by atoms with Crippen LogP contribution in [0.15, 0.2) is 53.3 Å². The largest absolute Gasteiger partial charge is 0.492 e. The minimum Gasteiger partial charge on any atom is -0.492 e. The molecule has 0 spiro atoms. The normalized spacial score (nSPS) is 16.0. The molecule has 2 heterocycles. The number of fused-ring (bicyclic) bond motifs is 1. The fourth-order valence-electron chi connectivity index (χ4n) is 2.80. The fraction of sp³-hybridized carbons (Fsp3) is 0.167. The molecule has 0 bridgehead atoms. The van der Waals surface area contributed by atoms with Crippen LogP contribution in [0.5, 0.6) is 5.75 Å². The van der Waals surface area contributed by atoms with E-state index in [9.17, 15) is 9.18 Å². The molecular weight excluding hydrogens is 325 g/mol. The highest BCUT2D eigenvalue weighted by atomic mass is 19.1. The summed E-state index contributed by atoms with van der Waals surface area (Å²) in [6.07, 6.45) is 1.72. The summed E-state index contributed by atoms with van der Waals surface area (Å²) in [4.78, 5) is 12.4. The second-order valence-corrected chi connectivity index (χ2v) is 5.75. The van der Waals surface area contributed by atoms with Crippen molar-refractivity contribution in [3.05, 3.63) is 60.2 Å². The number of halogens is 1. The van der Waals surface area contributed by atoms with Crippen LogP contribution in [-0.4, -0.2) is 22.7 Å². The maximum atomic E-state index is 14.2. The molecule has 25 heavy (non-hydrogen) atoms. The summed E-state index contributed by atoms with van der Waals surface area (Å²) in [5.41, 5.74) is 1.54. The van der Waals surface area contributed by atoms with E-state index < -0.39 is 5.82 Å². The third-order valence-corrected chi connectivity index (χ3v) is 4.08. The van der Waals surface area contributed by atoms with Crippen LogP contribution in [0.3, 0.4) is 0 Å². The van der Waals surface area contributed by atoms with E-state index in [0.717, 1.165) is 17.7 Å². The molecule has 1 aromatic heterocycles. The number of benzene rings is 2. The Labute approximate surface area is 142 Å². The number of anilines is 1. The van der Waals surface area contributed by atoms with Crippen molar-refractivity contribution in [3.63, 3.8) is 0 Å². The Bertz CT molecular complexity index is 912. The Balaban J connectivity index is 1.47. The molecule has 7 heteroatoms. The first-order chi connectivity index (χ1) is 12.2. The highest BCUT2D eigenvalue weighted by molar-refractivity contribution is 5.93.